The van der Waals surface area contributed by atoms with Crippen LogP contribution in [0.4, 0.5) is 0 Å². The molecular weight excluding hydrogens is 258 g/mol. The van der Waals surface area contributed by atoms with Gasteiger partial charge in [-0.3, -0.25) is 9.80 Å². The van der Waals surface area contributed by atoms with Crippen molar-refractivity contribution in [2.24, 2.45) is 5.92 Å². The largest absolute Gasteiger partial charge is 0.302 e. The molecule has 1 atom stereocenters. The minimum Gasteiger partial charge on any atom is -0.302 e. The second-order valence-corrected chi connectivity index (χ2v) is 7.00. The molecule has 0 spiro atoms. The fourth-order valence-corrected chi connectivity index (χ4v) is 4.44. The van der Waals surface area contributed by atoms with Gasteiger partial charge in [0.1, 0.15) is 0 Å². The second-order valence-electron chi connectivity index (χ2n) is 7.00. The van der Waals surface area contributed by atoms with Crippen molar-refractivity contribution in [2.45, 2.75) is 25.4 Å². The molecule has 4 saturated heterocycles. The van der Waals surface area contributed by atoms with Crippen LogP contribution in [0.5, 0.6) is 0 Å². The molecule has 2 bridgehead atoms. The van der Waals surface area contributed by atoms with Crippen LogP contribution in [-0.2, 0) is 6.54 Å². The normalized spacial score (nSPS) is 34.2. The van der Waals surface area contributed by atoms with E-state index in [4.69, 9.17) is 0 Å². The Morgan fingerprint density at radius 3 is 2.19 bits per heavy atom. The molecule has 0 aliphatic carbocycles. The van der Waals surface area contributed by atoms with Crippen LogP contribution >= 0.6 is 0 Å². The van der Waals surface area contributed by atoms with E-state index >= 15 is 0 Å². The molecule has 0 saturated carbocycles. The van der Waals surface area contributed by atoms with Crippen molar-refractivity contribution >= 4 is 0 Å². The highest BCUT2D eigenvalue weighted by molar-refractivity contribution is 5.14. The zero-order chi connectivity index (χ0) is 14.1. The average Bonchev–Trinajstić information content (AvgIpc) is 2.57. The van der Waals surface area contributed by atoms with Gasteiger partial charge in [-0.15, -0.1) is 0 Å². The number of benzene rings is 1. The van der Waals surface area contributed by atoms with Gasteiger partial charge in [-0.1, -0.05) is 30.3 Å². The number of hydrogen-bond donors (Lipinski definition) is 0. The summed E-state index contributed by atoms with van der Waals surface area (Å²) in [5.41, 5.74) is 1.45. The van der Waals surface area contributed by atoms with E-state index in [1.54, 1.807) is 0 Å². The zero-order valence-corrected chi connectivity index (χ0v) is 13.0. The highest BCUT2D eigenvalue weighted by atomic mass is 15.3. The van der Waals surface area contributed by atoms with Gasteiger partial charge in [0, 0.05) is 45.3 Å². The monoisotopic (exact) mass is 285 g/mol. The maximum Gasteiger partial charge on any atom is 0.0253 e. The van der Waals surface area contributed by atoms with Gasteiger partial charge in [-0.2, -0.15) is 0 Å². The molecule has 0 N–H and O–H groups in total. The van der Waals surface area contributed by atoms with Crippen LogP contribution in [0.1, 0.15) is 18.4 Å². The van der Waals surface area contributed by atoms with E-state index in [1.165, 1.54) is 64.2 Å². The summed E-state index contributed by atoms with van der Waals surface area (Å²) in [6.45, 7) is 10.2. The third kappa shape index (κ3) is 3.01. The molecule has 5 rings (SSSR count). The molecule has 1 aromatic rings. The number of piperazine rings is 1. The molecule has 1 aromatic carbocycles. The summed E-state index contributed by atoms with van der Waals surface area (Å²) >= 11 is 0. The summed E-state index contributed by atoms with van der Waals surface area (Å²) in [6.07, 6.45) is 2.88. The predicted octanol–water partition coefficient (Wildman–Crippen LogP) is 1.90. The van der Waals surface area contributed by atoms with Crippen LogP contribution in [0, 0.1) is 5.92 Å². The highest BCUT2D eigenvalue weighted by Crippen LogP contribution is 2.31. The smallest absolute Gasteiger partial charge is 0.0253 e. The average molecular weight is 285 g/mol. The number of hydrogen-bond acceptors (Lipinski definition) is 3. The van der Waals surface area contributed by atoms with E-state index in [1.807, 2.05) is 0 Å². The number of rotatable bonds is 3. The Balaban J connectivity index is 1.31. The summed E-state index contributed by atoms with van der Waals surface area (Å²) in [5, 5.41) is 0. The van der Waals surface area contributed by atoms with Crippen molar-refractivity contribution < 1.29 is 0 Å². The number of nitrogens with zero attached hydrogens (tertiary/aromatic N) is 3. The van der Waals surface area contributed by atoms with E-state index in [0.717, 1.165) is 18.5 Å². The fraction of sp³-hybridized carbons (Fsp3) is 0.667. The molecule has 4 heterocycles. The summed E-state index contributed by atoms with van der Waals surface area (Å²) in [6, 6.07) is 11.8. The molecule has 0 amide bonds. The van der Waals surface area contributed by atoms with Crippen molar-refractivity contribution in [3.63, 3.8) is 0 Å². The Morgan fingerprint density at radius 2 is 1.57 bits per heavy atom. The van der Waals surface area contributed by atoms with Gasteiger partial charge in [0.15, 0.2) is 0 Å². The lowest BCUT2D eigenvalue weighted by Crippen LogP contribution is -2.60. The van der Waals surface area contributed by atoms with E-state index in [9.17, 15) is 0 Å². The minimum absolute atomic E-state index is 0.853. The number of fused-ring (bicyclic) bond motifs is 3. The third-order valence-electron chi connectivity index (χ3n) is 5.75. The lowest BCUT2D eigenvalue weighted by molar-refractivity contribution is -0.0162. The van der Waals surface area contributed by atoms with Crippen molar-refractivity contribution in [2.75, 3.05) is 45.8 Å². The molecular formula is C18H27N3. The van der Waals surface area contributed by atoms with Crippen molar-refractivity contribution in [1.29, 1.82) is 0 Å². The van der Waals surface area contributed by atoms with Gasteiger partial charge in [-0.25, -0.2) is 0 Å². The Morgan fingerprint density at radius 1 is 0.857 bits per heavy atom. The summed E-state index contributed by atoms with van der Waals surface area (Å²) < 4.78 is 0. The quantitative estimate of drug-likeness (QED) is 0.840. The van der Waals surface area contributed by atoms with E-state index in [-0.39, 0.29) is 0 Å². The maximum atomic E-state index is 2.79. The van der Waals surface area contributed by atoms with Gasteiger partial charge in [0.2, 0.25) is 0 Å². The Hall–Kier alpha value is -0.900. The molecule has 3 heteroatoms. The van der Waals surface area contributed by atoms with Crippen LogP contribution < -0.4 is 0 Å². The molecule has 4 aliphatic heterocycles. The third-order valence-corrected chi connectivity index (χ3v) is 5.75. The van der Waals surface area contributed by atoms with Crippen LogP contribution in [0.2, 0.25) is 0 Å². The molecule has 0 aromatic heterocycles. The lowest BCUT2D eigenvalue weighted by atomic mass is 9.83. The predicted molar refractivity (Wildman–Crippen MR) is 86.2 cm³/mol. The first-order chi connectivity index (χ1) is 10.4. The lowest BCUT2D eigenvalue weighted by Gasteiger charge is -2.51. The molecule has 21 heavy (non-hydrogen) atoms. The maximum absolute atomic E-state index is 2.79. The van der Waals surface area contributed by atoms with E-state index in [0.29, 0.717) is 0 Å². The first kappa shape index (κ1) is 13.7. The number of piperidine rings is 3. The first-order valence-corrected chi connectivity index (χ1v) is 8.61. The van der Waals surface area contributed by atoms with Gasteiger partial charge in [-0.05, 0) is 37.4 Å². The van der Waals surface area contributed by atoms with Crippen LogP contribution in [0.15, 0.2) is 30.3 Å². The van der Waals surface area contributed by atoms with E-state index in [2.05, 4.69) is 45.0 Å². The topological polar surface area (TPSA) is 9.72 Å². The van der Waals surface area contributed by atoms with Gasteiger partial charge < -0.3 is 4.90 Å². The van der Waals surface area contributed by atoms with Gasteiger partial charge in [0.05, 0.1) is 0 Å². The van der Waals surface area contributed by atoms with Crippen molar-refractivity contribution in [1.82, 2.24) is 14.7 Å². The van der Waals surface area contributed by atoms with Crippen LogP contribution in [0.25, 0.3) is 0 Å². The SMILES string of the molecule is c1ccc(CN2CCN(C3CN4CCC3CC4)CC2)cc1. The van der Waals surface area contributed by atoms with E-state index < -0.39 is 0 Å². The van der Waals surface area contributed by atoms with Crippen molar-refractivity contribution in [3.05, 3.63) is 35.9 Å². The Labute approximate surface area is 128 Å². The first-order valence-electron chi connectivity index (χ1n) is 8.61. The van der Waals surface area contributed by atoms with Crippen molar-refractivity contribution in [3.8, 4) is 0 Å². The molecule has 114 valence electrons. The van der Waals surface area contributed by atoms with Crippen LogP contribution in [-0.4, -0.2) is 66.6 Å². The van der Waals surface area contributed by atoms with Gasteiger partial charge in [0.25, 0.3) is 0 Å². The fourth-order valence-electron chi connectivity index (χ4n) is 4.44. The second kappa shape index (κ2) is 6.07. The van der Waals surface area contributed by atoms with Gasteiger partial charge >= 0.3 is 0 Å². The Bertz CT molecular complexity index is 445. The standard InChI is InChI=1S/C18H27N3/c1-2-4-16(5-3-1)14-20-10-12-21(13-11-20)18-15-19-8-6-17(18)7-9-19/h1-5,17-18H,6-15H2. The highest BCUT2D eigenvalue weighted by Gasteiger charge is 2.38. The minimum atomic E-state index is 0.853. The molecule has 1 unspecified atom stereocenters. The molecule has 4 aliphatic rings. The summed E-state index contributed by atoms with van der Waals surface area (Å²) in [4.78, 5) is 8.09. The summed E-state index contributed by atoms with van der Waals surface area (Å²) in [5.74, 6) is 0.982. The summed E-state index contributed by atoms with van der Waals surface area (Å²) in [7, 11) is 0. The molecule has 0 radical (unpaired) electrons. The van der Waals surface area contributed by atoms with Crippen LogP contribution in [0.3, 0.4) is 0 Å². The molecule has 4 fully saturated rings. The molecule has 3 nitrogen and oxygen atoms in total. The zero-order valence-electron chi connectivity index (χ0n) is 13.0. The Kier molecular flexibility index (Phi) is 3.97.